The summed E-state index contributed by atoms with van der Waals surface area (Å²) in [6, 6.07) is 3.82. The lowest BCUT2D eigenvalue weighted by Crippen LogP contribution is -2.41. The van der Waals surface area contributed by atoms with Gasteiger partial charge in [-0.3, -0.25) is 9.78 Å². The summed E-state index contributed by atoms with van der Waals surface area (Å²) in [5.74, 6) is 0.828. The van der Waals surface area contributed by atoms with Crippen LogP contribution in [-0.2, 0) is 11.2 Å². The van der Waals surface area contributed by atoms with Gasteiger partial charge >= 0.3 is 0 Å². The predicted octanol–water partition coefficient (Wildman–Crippen LogP) is 1.47. The molecule has 1 aliphatic heterocycles. The summed E-state index contributed by atoms with van der Waals surface area (Å²) >= 11 is 0. The summed E-state index contributed by atoms with van der Waals surface area (Å²) in [5, 5.41) is 3.41. The van der Waals surface area contributed by atoms with Crippen LogP contribution in [0, 0.1) is 5.92 Å². The quantitative estimate of drug-likeness (QED) is 0.873. The van der Waals surface area contributed by atoms with Gasteiger partial charge in [0.25, 0.3) is 0 Å². The number of hydrogen-bond donors (Lipinski definition) is 1. The summed E-state index contributed by atoms with van der Waals surface area (Å²) in [7, 11) is 0. The van der Waals surface area contributed by atoms with Gasteiger partial charge in [0.2, 0.25) is 5.91 Å². The minimum Gasteiger partial charge on any atom is -0.342 e. The lowest BCUT2D eigenvalue weighted by Gasteiger charge is -2.29. The molecule has 0 aromatic carbocycles. The lowest BCUT2D eigenvalue weighted by atomic mass is 9.99. The Kier molecular flexibility index (Phi) is 5.33. The van der Waals surface area contributed by atoms with E-state index in [2.05, 4.69) is 17.2 Å². The molecule has 0 radical (unpaired) electrons. The fraction of sp³-hybridized carbons (Fsp3) is 0.600. The first-order chi connectivity index (χ1) is 9.29. The van der Waals surface area contributed by atoms with Crippen molar-refractivity contribution in [2.24, 2.45) is 5.92 Å². The van der Waals surface area contributed by atoms with Gasteiger partial charge in [0.15, 0.2) is 0 Å². The summed E-state index contributed by atoms with van der Waals surface area (Å²) in [4.78, 5) is 18.3. The van der Waals surface area contributed by atoms with Crippen molar-refractivity contribution in [2.45, 2.75) is 26.2 Å². The number of pyridine rings is 1. The third-order valence-electron chi connectivity index (χ3n) is 3.72. The van der Waals surface area contributed by atoms with Crippen LogP contribution in [-0.4, -0.2) is 42.0 Å². The Hall–Kier alpha value is -1.42. The van der Waals surface area contributed by atoms with Crippen molar-refractivity contribution in [2.75, 3.05) is 26.2 Å². The first-order valence-corrected chi connectivity index (χ1v) is 7.17. The molecule has 1 aromatic heterocycles. The van der Waals surface area contributed by atoms with Crippen molar-refractivity contribution in [3.63, 3.8) is 0 Å². The van der Waals surface area contributed by atoms with Gasteiger partial charge in [-0.2, -0.15) is 0 Å². The Morgan fingerprint density at radius 1 is 1.47 bits per heavy atom. The topological polar surface area (TPSA) is 45.2 Å². The molecule has 1 fully saturated rings. The van der Waals surface area contributed by atoms with Crippen molar-refractivity contribution in [1.82, 2.24) is 15.2 Å². The van der Waals surface area contributed by atoms with Crippen LogP contribution in [0.25, 0.3) is 0 Å². The zero-order valence-electron chi connectivity index (χ0n) is 11.6. The number of nitrogens with one attached hydrogen (secondary N) is 1. The SMILES string of the molecule is CCN(CC1CCCNC1)C(=O)Cc1ccncc1. The van der Waals surface area contributed by atoms with Crippen molar-refractivity contribution >= 4 is 5.91 Å². The molecule has 1 aliphatic rings. The number of hydrogen-bond acceptors (Lipinski definition) is 3. The van der Waals surface area contributed by atoms with E-state index in [1.165, 1.54) is 12.8 Å². The molecule has 1 N–H and O–H groups in total. The van der Waals surface area contributed by atoms with Gasteiger partial charge in [0.1, 0.15) is 0 Å². The van der Waals surface area contributed by atoms with E-state index in [1.54, 1.807) is 12.4 Å². The van der Waals surface area contributed by atoms with E-state index in [0.717, 1.165) is 31.7 Å². The van der Waals surface area contributed by atoms with E-state index in [4.69, 9.17) is 0 Å². The van der Waals surface area contributed by atoms with Crippen LogP contribution in [0.15, 0.2) is 24.5 Å². The summed E-state index contributed by atoms with van der Waals surface area (Å²) in [6.45, 7) is 5.89. The Bertz CT molecular complexity index is 388. The van der Waals surface area contributed by atoms with Crippen molar-refractivity contribution in [3.8, 4) is 0 Å². The molecular formula is C15H23N3O. The van der Waals surface area contributed by atoms with Crippen LogP contribution in [0.2, 0.25) is 0 Å². The number of likely N-dealkylation sites (N-methyl/N-ethyl adjacent to an activating group) is 1. The number of carbonyl (C=O) groups is 1. The number of rotatable bonds is 5. The van der Waals surface area contributed by atoms with Crippen LogP contribution < -0.4 is 5.32 Å². The highest BCUT2D eigenvalue weighted by Gasteiger charge is 2.19. The monoisotopic (exact) mass is 261 g/mol. The number of amides is 1. The summed E-state index contributed by atoms with van der Waals surface area (Å²) in [5.41, 5.74) is 1.04. The maximum Gasteiger partial charge on any atom is 0.226 e. The van der Waals surface area contributed by atoms with E-state index in [0.29, 0.717) is 12.3 Å². The predicted molar refractivity (Wildman–Crippen MR) is 75.8 cm³/mol. The minimum absolute atomic E-state index is 0.222. The average molecular weight is 261 g/mol. The molecule has 104 valence electrons. The van der Waals surface area contributed by atoms with E-state index in [-0.39, 0.29) is 5.91 Å². The second-order valence-corrected chi connectivity index (χ2v) is 5.18. The molecule has 0 spiro atoms. The lowest BCUT2D eigenvalue weighted by molar-refractivity contribution is -0.131. The largest absolute Gasteiger partial charge is 0.342 e. The molecule has 1 aromatic rings. The van der Waals surface area contributed by atoms with E-state index in [9.17, 15) is 4.79 Å². The summed E-state index contributed by atoms with van der Waals surface area (Å²) in [6.07, 6.45) is 6.41. The maximum atomic E-state index is 12.3. The minimum atomic E-state index is 0.222. The van der Waals surface area contributed by atoms with Crippen LogP contribution in [0.5, 0.6) is 0 Å². The number of aromatic nitrogens is 1. The molecule has 1 saturated heterocycles. The second-order valence-electron chi connectivity index (χ2n) is 5.18. The van der Waals surface area contributed by atoms with Gasteiger partial charge in [0.05, 0.1) is 6.42 Å². The van der Waals surface area contributed by atoms with E-state index >= 15 is 0 Å². The van der Waals surface area contributed by atoms with Gasteiger partial charge in [-0.25, -0.2) is 0 Å². The maximum absolute atomic E-state index is 12.3. The molecule has 2 rings (SSSR count). The highest BCUT2D eigenvalue weighted by molar-refractivity contribution is 5.78. The molecule has 19 heavy (non-hydrogen) atoms. The smallest absolute Gasteiger partial charge is 0.226 e. The molecule has 0 aliphatic carbocycles. The normalized spacial score (nSPS) is 19.1. The second kappa shape index (κ2) is 7.24. The molecular weight excluding hydrogens is 238 g/mol. The zero-order chi connectivity index (χ0) is 13.5. The van der Waals surface area contributed by atoms with Gasteiger partial charge in [-0.1, -0.05) is 0 Å². The first-order valence-electron chi connectivity index (χ1n) is 7.17. The number of carbonyl (C=O) groups excluding carboxylic acids is 1. The summed E-state index contributed by atoms with van der Waals surface area (Å²) < 4.78 is 0. The number of piperidine rings is 1. The highest BCUT2D eigenvalue weighted by atomic mass is 16.2. The third kappa shape index (κ3) is 4.31. The van der Waals surface area contributed by atoms with Crippen molar-refractivity contribution < 1.29 is 4.79 Å². The number of nitrogens with zero attached hydrogens (tertiary/aromatic N) is 2. The Balaban J connectivity index is 1.87. The molecule has 0 saturated carbocycles. The van der Waals surface area contributed by atoms with Gasteiger partial charge < -0.3 is 10.2 Å². The third-order valence-corrected chi connectivity index (χ3v) is 3.72. The Labute approximate surface area is 115 Å². The van der Waals surface area contributed by atoms with Crippen LogP contribution in [0.3, 0.4) is 0 Å². The van der Waals surface area contributed by atoms with Crippen molar-refractivity contribution in [3.05, 3.63) is 30.1 Å². The average Bonchev–Trinajstić information content (AvgIpc) is 2.47. The fourth-order valence-electron chi connectivity index (χ4n) is 2.59. The van der Waals surface area contributed by atoms with Crippen LogP contribution >= 0.6 is 0 Å². The Morgan fingerprint density at radius 2 is 2.26 bits per heavy atom. The molecule has 2 heterocycles. The van der Waals surface area contributed by atoms with Gasteiger partial charge in [-0.15, -0.1) is 0 Å². The molecule has 1 unspecified atom stereocenters. The highest BCUT2D eigenvalue weighted by Crippen LogP contribution is 2.12. The van der Waals surface area contributed by atoms with Crippen molar-refractivity contribution in [1.29, 1.82) is 0 Å². The molecule has 0 bridgehead atoms. The molecule has 4 heteroatoms. The van der Waals surface area contributed by atoms with Crippen LogP contribution in [0.1, 0.15) is 25.3 Å². The molecule has 1 atom stereocenters. The zero-order valence-corrected chi connectivity index (χ0v) is 11.6. The van der Waals surface area contributed by atoms with Crippen LogP contribution in [0.4, 0.5) is 0 Å². The van der Waals surface area contributed by atoms with Gasteiger partial charge in [-0.05, 0) is 56.5 Å². The van der Waals surface area contributed by atoms with E-state index in [1.807, 2.05) is 17.0 Å². The Morgan fingerprint density at radius 3 is 2.89 bits per heavy atom. The molecule has 4 nitrogen and oxygen atoms in total. The van der Waals surface area contributed by atoms with E-state index < -0.39 is 0 Å². The standard InChI is InChI=1S/C15H23N3O/c1-2-18(12-14-4-3-7-17-11-14)15(19)10-13-5-8-16-9-6-13/h5-6,8-9,14,17H,2-4,7,10-12H2,1H3. The fourth-order valence-corrected chi connectivity index (χ4v) is 2.59. The molecule has 1 amide bonds. The van der Waals surface area contributed by atoms with Gasteiger partial charge in [0, 0.05) is 25.5 Å². The first kappa shape index (κ1) is 14.0.